The second-order valence-electron chi connectivity index (χ2n) is 7.35. The van der Waals surface area contributed by atoms with Crippen molar-refractivity contribution in [2.45, 2.75) is 33.6 Å². The summed E-state index contributed by atoms with van der Waals surface area (Å²) < 4.78 is 0. The number of nitrogens with zero attached hydrogens (tertiary/aromatic N) is 4. The number of aryl methyl sites for hydroxylation is 2. The lowest BCUT2D eigenvalue weighted by Gasteiger charge is -2.35. The molecule has 0 atom stereocenters. The van der Waals surface area contributed by atoms with Crippen LogP contribution in [-0.4, -0.2) is 52.7 Å². The van der Waals surface area contributed by atoms with Crippen LogP contribution in [0.4, 0.5) is 5.82 Å². The van der Waals surface area contributed by atoms with Crippen LogP contribution < -0.4 is 4.90 Å². The number of benzene rings is 1. The smallest absolute Gasteiger partial charge is 0.295 e. The van der Waals surface area contributed by atoms with Crippen LogP contribution in [0.25, 0.3) is 0 Å². The second-order valence-corrected chi connectivity index (χ2v) is 7.35. The maximum Gasteiger partial charge on any atom is 0.295 e. The van der Waals surface area contributed by atoms with Gasteiger partial charge in [-0.25, -0.2) is 9.97 Å². The van der Waals surface area contributed by atoms with Crippen LogP contribution in [-0.2, 0) is 4.79 Å². The van der Waals surface area contributed by atoms with Gasteiger partial charge in [0.05, 0.1) is 0 Å². The number of Topliss-reactive ketones (excluding diaryl/α,β-unsaturated/α-hetero) is 1. The van der Waals surface area contributed by atoms with Crippen molar-refractivity contribution in [2.24, 2.45) is 0 Å². The molecule has 0 bridgehead atoms. The summed E-state index contributed by atoms with van der Waals surface area (Å²) >= 11 is 0. The molecule has 142 valence electrons. The van der Waals surface area contributed by atoms with Crippen molar-refractivity contribution in [3.8, 4) is 0 Å². The van der Waals surface area contributed by atoms with Gasteiger partial charge in [-0.05, 0) is 13.8 Å². The molecule has 1 aromatic heterocycles. The number of rotatable bonds is 4. The van der Waals surface area contributed by atoms with Crippen LogP contribution in [0.15, 0.2) is 30.3 Å². The van der Waals surface area contributed by atoms with Crippen molar-refractivity contribution in [3.05, 3.63) is 53.0 Å². The van der Waals surface area contributed by atoms with Crippen molar-refractivity contribution < 1.29 is 9.59 Å². The van der Waals surface area contributed by atoms with Crippen molar-refractivity contribution in [3.63, 3.8) is 0 Å². The topological polar surface area (TPSA) is 66.4 Å². The average molecular weight is 366 g/mol. The first-order valence-corrected chi connectivity index (χ1v) is 9.36. The van der Waals surface area contributed by atoms with Crippen molar-refractivity contribution in [1.82, 2.24) is 14.9 Å². The van der Waals surface area contributed by atoms with Gasteiger partial charge in [0, 0.05) is 49.4 Å². The molecule has 1 saturated heterocycles. The summed E-state index contributed by atoms with van der Waals surface area (Å²) in [7, 11) is 0. The molecule has 1 aliphatic rings. The molecule has 1 aliphatic heterocycles. The van der Waals surface area contributed by atoms with Gasteiger partial charge in [-0.3, -0.25) is 9.59 Å². The maximum absolute atomic E-state index is 12.6. The summed E-state index contributed by atoms with van der Waals surface area (Å²) in [6.07, 6.45) is 0. The summed E-state index contributed by atoms with van der Waals surface area (Å²) in [5.41, 5.74) is 2.45. The van der Waals surface area contributed by atoms with Crippen LogP contribution in [0.3, 0.4) is 0 Å². The normalized spacial score (nSPS) is 14.6. The van der Waals surface area contributed by atoms with Gasteiger partial charge in [0.2, 0.25) is 5.78 Å². The number of ketones is 1. The summed E-state index contributed by atoms with van der Waals surface area (Å²) in [5, 5.41) is 0. The summed E-state index contributed by atoms with van der Waals surface area (Å²) in [4.78, 5) is 37.9. The zero-order valence-corrected chi connectivity index (χ0v) is 16.4. The first-order chi connectivity index (χ1) is 12.8. The fourth-order valence-electron chi connectivity index (χ4n) is 3.11. The zero-order chi connectivity index (χ0) is 19.6. The van der Waals surface area contributed by atoms with E-state index in [-0.39, 0.29) is 5.92 Å². The van der Waals surface area contributed by atoms with Gasteiger partial charge >= 0.3 is 0 Å². The minimum atomic E-state index is -0.441. The lowest BCUT2D eigenvalue weighted by molar-refractivity contribution is -0.126. The Bertz CT molecular complexity index is 838. The van der Waals surface area contributed by atoms with E-state index < -0.39 is 11.7 Å². The predicted octanol–water partition coefficient (Wildman–Crippen LogP) is 2.75. The predicted molar refractivity (Wildman–Crippen MR) is 105 cm³/mol. The van der Waals surface area contributed by atoms with Gasteiger partial charge in [0.25, 0.3) is 5.91 Å². The lowest BCUT2D eigenvalue weighted by atomic mass is 10.1. The number of piperazine rings is 1. The molecule has 2 aromatic rings. The highest BCUT2D eigenvalue weighted by molar-refractivity contribution is 6.42. The minimum Gasteiger partial charge on any atom is -0.353 e. The number of amides is 1. The van der Waals surface area contributed by atoms with E-state index in [9.17, 15) is 9.59 Å². The Labute approximate surface area is 160 Å². The SMILES string of the molecule is Cc1ccc(C(=O)C(=O)N2CCN(c3cc(C)nc(C(C)C)n3)CC2)cc1. The fourth-order valence-corrected chi connectivity index (χ4v) is 3.11. The molecule has 1 fully saturated rings. The number of carbonyl (C=O) groups is 2. The van der Waals surface area contributed by atoms with E-state index in [1.807, 2.05) is 32.0 Å². The molecule has 0 spiro atoms. The third kappa shape index (κ3) is 4.32. The fraction of sp³-hybridized carbons (Fsp3) is 0.429. The van der Waals surface area contributed by atoms with Crippen molar-refractivity contribution in [1.29, 1.82) is 0 Å². The van der Waals surface area contributed by atoms with Crippen LogP contribution in [0.1, 0.15) is 47.2 Å². The molecule has 2 heterocycles. The number of carbonyl (C=O) groups excluding carboxylic acids is 2. The molecular weight excluding hydrogens is 340 g/mol. The Kier molecular flexibility index (Phi) is 5.54. The van der Waals surface area contributed by atoms with Gasteiger partial charge < -0.3 is 9.80 Å². The Balaban J connectivity index is 1.65. The monoisotopic (exact) mass is 366 g/mol. The summed E-state index contributed by atoms with van der Waals surface area (Å²) in [6, 6.07) is 9.09. The zero-order valence-electron chi connectivity index (χ0n) is 16.4. The van der Waals surface area contributed by atoms with Crippen molar-refractivity contribution >= 4 is 17.5 Å². The minimum absolute atomic E-state index is 0.263. The van der Waals surface area contributed by atoms with Crippen molar-refractivity contribution in [2.75, 3.05) is 31.1 Å². The Morgan fingerprint density at radius 1 is 0.963 bits per heavy atom. The van der Waals surface area contributed by atoms with Gasteiger partial charge in [-0.15, -0.1) is 0 Å². The van der Waals surface area contributed by atoms with E-state index in [2.05, 4.69) is 28.7 Å². The Morgan fingerprint density at radius 3 is 2.19 bits per heavy atom. The second kappa shape index (κ2) is 7.86. The molecule has 1 aromatic carbocycles. The molecule has 0 radical (unpaired) electrons. The van der Waals surface area contributed by atoms with Crippen LogP contribution in [0.5, 0.6) is 0 Å². The first kappa shape index (κ1) is 19.0. The largest absolute Gasteiger partial charge is 0.353 e. The molecular formula is C21H26N4O2. The summed E-state index contributed by atoms with van der Waals surface area (Å²) in [6.45, 7) is 10.4. The summed E-state index contributed by atoms with van der Waals surface area (Å²) in [5.74, 6) is 1.11. The highest BCUT2D eigenvalue weighted by Crippen LogP contribution is 2.19. The maximum atomic E-state index is 12.6. The molecule has 27 heavy (non-hydrogen) atoms. The first-order valence-electron chi connectivity index (χ1n) is 9.36. The highest BCUT2D eigenvalue weighted by Gasteiger charge is 2.27. The van der Waals surface area contributed by atoms with E-state index in [1.165, 1.54) is 0 Å². The molecule has 0 saturated carbocycles. The van der Waals surface area contributed by atoms with E-state index in [0.717, 1.165) is 22.9 Å². The standard InChI is InChI=1S/C21H26N4O2/c1-14(2)20-22-16(4)13-18(23-20)24-9-11-25(12-10-24)21(27)19(26)17-7-5-15(3)6-8-17/h5-8,13-14H,9-12H2,1-4H3. The van der Waals surface area contributed by atoms with Gasteiger partial charge in [-0.1, -0.05) is 43.7 Å². The third-order valence-corrected chi connectivity index (χ3v) is 4.77. The van der Waals surface area contributed by atoms with Crippen LogP contribution in [0, 0.1) is 13.8 Å². The molecule has 1 amide bonds. The third-order valence-electron chi connectivity index (χ3n) is 4.77. The highest BCUT2D eigenvalue weighted by atomic mass is 16.2. The van der Waals surface area contributed by atoms with Gasteiger partial charge in [0.15, 0.2) is 0 Å². The van der Waals surface area contributed by atoms with E-state index >= 15 is 0 Å². The molecule has 0 N–H and O–H groups in total. The molecule has 0 unspecified atom stereocenters. The average Bonchev–Trinajstić information content (AvgIpc) is 2.67. The van der Waals surface area contributed by atoms with E-state index in [1.54, 1.807) is 17.0 Å². The molecule has 3 rings (SSSR count). The number of hydrogen-bond donors (Lipinski definition) is 0. The lowest BCUT2D eigenvalue weighted by Crippen LogP contribution is -2.51. The van der Waals surface area contributed by atoms with Crippen LogP contribution >= 0.6 is 0 Å². The van der Waals surface area contributed by atoms with Gasteiger partial charge in [-0.2, -0.15) is 0 Å². The van der Waals surface area contributed by atoms with E-state index in [4.69, 9.17) is 0 Å². The Morgan fingerprint density at radius 2 is 1.59 bits per heavy atom. The quantitative estimate of drug-likeness (QED) is 0.615. The number of aromatic nitrogens is 2. The van der Waals surface area contributed by atoms with Crippen LogP contribution in [0.2, 0.25) is 0 Å². The van der Waals surface area contributed by atoms with E-state index in [0.29, 0.717) is 31.7 Å². The molecule has 6 nitrogen and oxygen atoms in total. The van der Waals surface area contributed by atoms with Gasteiger partial charge in [0.1, 0.15) is 11.6 Å². The number of hydrogen-bond acceptors (Lipinski definition) is 5. The molecule has 0 aliphatic carbocycles. The Hall–Kier alpha value is -2.76. The number of anilines is 1. The molecule has 6 heteroatoms.